The summed E-state index contributed by atoms with van der Waals surface area (Å²) in [5, 5.41) is 3.28. The summed E-state index contributed by atoms with van der Waals surface area (Å²) in [5.41, 5.74) is 0. The van der Waals surface area contributed by atoms with Gasteiger partial charge < -0.3 is 10.1 Å². The van der Waals surface area contributed by atoms with Gasteiger partial charge in [-0.15, -0.1) is 0 Å². The summed E-state index contributed by atoms with van der Waals surface area (Å²) in [4.78, 5) is 11.1. The molecular formula is C9H17NO2S. The van der Waals surface area contributed by atoms with Crippen LogP contribution in [0.4, 0.5) is 0 Å². The molecule has 1 atom stereocenters. The van der Waals surface area contributed by atoms with Gasteiger partial charge in [0.1, 0.15) is 6.04 Å². The molecule has 0 aromatic rings. The predicted molar refractivity (Wildman–Crippen MR) is 55.0 cm³/mol. The van der Waals surface area contributed by atoms with Crippen LogP contribution in [0.15, 0.2) is 0 Å². The van der Waals surface area contributed by atoms with Crippen molar-refractivity contribution in [2.24, 2.45) is 0 Å². The van der Waals surface area contributed by atoms with Gasteiger partial charge in [0.25, 0.3) is 0 Å². The molecule has 1 aliphatic rings. The Balaban J connectivity index is 2.25. The zero-order valence-corrected chi connectivity index (χ0v) is 9.02. The molecule has 0 bridgehead atoms. The summed E-state index contributed by atoms with van der Waals surface area (Å²) >= 11 is 1.98. The van der Waals surface area contributed by atoms with Crippen LogP contribution in [-0.2, 0) is 9.53 Å². The van der Waals surface area contributed by atoms with Gasteiger partial charge in [-0.05, 0) is 31.3 Å². The molecule has 0 spiro atoms. The first-order chi connectivity index (χ1) is 6.24. The van der Waals surface area contributed by atoms with E-state index in [1.165, 1.54) is 18.6 Å². The van der Waals surface area contributed by atoms with E-state index in [1.807, 2.05) is 18.7 Å². The van der Waals surface area contributed by atoms with Gasteiger partial charge in [0.05, 0.1) is 7.11 Å². The summed E-state index contributed by atoms with van der Waals surface area (Å²) in [7, 11) is 1.43. The summed E-state index contributed by atoms with van der Waals surface area (Å²) < 4.78 is 4.65. The van der Waals surface area contributed by atoms with Crippen molar-refractivity contribution in [3.8, 4) is 0 Å². The van der Waals surface area contributed by atoms with E-state index in [-0.39, 0.29) is 12.0 Å². The van der Waals surface area contributed by atoms with Crippen LogP contribution in [0.3, 0.4) is 0 Å². The number of esters is 1. The average Bonchev–Trinajstić information content (AvgIpc) is 2.18. The van der Waals surface area contributed by atoms with Gasteiger partial charge in [0.15, 0.2) is 0 Å². The van der Waals surface area contributed by atoms with Crippen LogP contribution >= 0.6 is 11.8 Å². The van der Waals surface area contributed by atoms with Crippen LogP contribution in [0.2, 0.25) is 0 Å². The highest BCUT2D eigenvalue weighted by Crippen LogP contribution is 2.17. The lowest BCUT2D eigenvalue weighted by atomic mass is 10.1. The smallest absolute Gasteiger partial charge is 0.322 e. The molecule has 0 aromatic heterocycles. The molecule has 0 aliphatic carbocycles. The van der Waals surface area contributed by atoms with Crippen LogP contribution in [0.1, 0.15) is 19.8 Å². The molecule has 0 radical (unpaired) electrons. The molecule has 0 saturated carbocycles. The fourth-order valence-corrected chi connectivity index (χ4v) is 2.57. The maximum atomic E-state index is 11.1. The Morgan fingerprint density at radius 1 is 1.54 bits per heavy atom. The normalized spacial score (nSPS) is 21.1. The average molecular weight is 203 g/mol. The van der Waals surface area contributed by atoms with Crippen molar-refractivity contribution in [1.29, 1.82) is 0 Å². The highest BCUT2D eigenvalue weighted by molar-refractivity contribution is 7.99. The molecule has 1 N–H and O–H groups in total. The van der Waals surface area contributed by atoms with Crippen LogP contribution in [0, 0.1) is 0 Å². The van der Waals surface area contributed by atoms with Crippen LogP contribution in [0.25, 0.3) is 0 Å². The minimum absolute atomic E-state index is 0.168. The molecular weight excluding hydrogens is 186 g/mol. The minimum atomic E-state index is -0.168. The second-order valence-corrected chi connectivity index (χ2v) is 4.52. The Kier molecular flexibility index (Phi) is 4.59. The Morgan fingerprint density at radius 3 is 2.69 bits per heavy atom. The van der Waals surface area contributed by atoms with E-state index in [9.17, 15) is 4.79 Å². The summed E-state index contributed by atoms with van der Waals surface area (Å²) in [6, 6.07) is 0.327. The number of hydrogen-bond acceptors (Lipinski definition) is 4. The molecule has 1 heterocycles. The summed E-state index contributed by atoms with van der Waals surface area (Å²) in [6.07, 6.45) is 2.32. The lowest BCUT2D eigenvalue weighted by molar-refractivity contribution is -0.142. The molecule has 76 valence electrons. The highest BCUT2D eigenvalue weighted by atomic mass is 32.2. The lowest BCUT2D eigenvalue weighted by Gasteiger charge is -2.25. The van der Waals surface area contributed by atoms with Crippen molar-refractivity contribution in [1.82, 2.24) is 5.32 Å². The SMILES string of the molecule is COC(=O)[C@H](C)NC1CCSCC1. The standard InChI is InChI=1S/C9H17NO2S/c1-7(9(11)12-2)10-8-3-5-13-6-4-8/h7-8,10H,3-6H2,1-2H3/t7-/m0/s1. The second-order valence-electron chi connectivity index (χ2n) is 3.30. The van der Waals surface area contributed by atoms with Crippen molar-refractivity contribution in [2.75, 3.05) is 18.6 Å². The van der Waals surface area contributed by atoms with Crippen LogP contribution in [-0.4, -0.2) is 36.7 Å². The van der Waals surface area contributed by atoms with Crippen LogP contribution in [0.5, 0.6) is 0 Å². The minimum Gasteiger partial charge on any atom is -0.468 e. The summed E-state index contributed by atoms with van der Waals surface area (Å²) in [5.74, 6) is 2.23. The van der Waals surface area contributed by atoms with Gasteiger partial charge in [0.2, 0.25) is 0 Å². The molecule has 1 rings (SSSR count). The van der Waals surface area contributed by atoms with E-state index in [1.54, 1.807) is 0 Å². The van der Waals surface area contributed by atoms with Gasteiger partial charge in [-0.1, -0.05) is 0 Å². The number of hydrogen-bond donors (Lipinski definition) is 1. The lowest BCUT2D eigenvalue weighted by Crippen LogP contribution is -2.43. The number of rotatable bonds is 3. The van der Waals surface area contributed by atoms with E-state index in [0.717, 1.165) is 12.8 Å². The molecule has 0 aromatic carbocycles. The molecule has 3 nitrogen and oxygen atoms in total. The number of carbonyl (C=O) groups excluding carboxylic acids is 1. The maximum absolute atomic E-state index is 11.1. The Bertz CT molecular complexity index is 169. The van der Waals surface area contributed by atoms with Crippen molar-refractivity contribution in [2.45, 2.75) is 31.8 Å². The molecule has 13 heavy (non-hydrogen) atoms. The monoisotopic (exact) mass is 203 g/mol. The van der Waals surface area contributed by atoms with Gasteiger partial charge in [-0.25, -0.2) is 0 Å². The van der Waals surface area contributed by atoms with Crippen molar-refractivity contribution < 1.29 is 9.53 Å². The first kappa shape index (κ1) is 10.9. The summed E-state index contributed by atoms with van der Waals surface area (Å²) in [6.45, 7) is 1.85. The molecule has 4 heteroatoms. The zero-order chi connectivity index (χ0) is 9.68. The third-order valence-electron chi connectivity index (χ3n) is 2.26. The third-order valence-corrected chi connectivity index (χ3v) is 3.31. The van der Waals surface area contributed by atoms with E-state index in [2.05, 4.69) is 10.1 Å². The Hall–Kier alpha value is -0.220. The molecule has 0 unspecified atom stereocenters. The van der Waals surface area contributed by atoms with Crippen molar-refractivity contribution in [3.05, 3.63) is 0 Å². The Morgan fingerprint density at radius 2 is 2.15 bits per heavy atom. The first-order valence-corrected chi connectivity index (χ1v) is 5.81. The fourth-order valence-electron chi connectivity index (χ4n) is 1.46. The number of nitrogens with one attached hydrogen (secondary N) is 1. The molecule has 0 amide bonds. The largest absolute Gasteiger partial charge is 0.468 e. The van der Waals surface area contributed by atoms with Gasteiger partial charge >= 0.3 is 5.97 Å². The van der Waals surface area contributed by atoms with Gasteiger partial charge in [-0.3, -0.25) is 4.79 Å². The van der Waals surface area contributed by atoms with E-state index in [4.69, 9.17) is 0 Å². The number of carbonyl (C=O) groups is 1. The fraction of sp³-hybridized carbons (Fsp3) is 0.889. The third kappa shape index (κ3) is 3.56. The number of ether oxygens (including phenoxy) is 1. The van der Waals surface area contributed by atoms with E-state index >= 15 is 0 Å². The van der Waals surface area contributed by atoms with Gasteiger partial charge in [0, 0.05) is 6.04 Å². The molecule has 1 saturated heterocycles. The van der Waals surface area contributed by atoms with Gasteiger partial charge in [-0.2, -0.15) is 11.8 Å². The Labute approximate surface area is 83.6 Å². The van der Waals surface area contributed by atoms with Crippen molar-refractivity contribution in [3.63, 3.8) is 0 Å². The van der Waals surface area contributed by atoms with Crippen LogP contribution < -0.4 is 5.32 Å². The zero-order valence-electron chi connectivity index (χ0n) is 8.21. The predicted octanol–water partition coefficient (Wildman–Crippen LogP) is 1.03. The topological polar surface area (TPSA) is 38.3 Å². The van der Waals surface area contributed by atoms with Crippen molar-refractivity contribution >= 4 is 17.7 Å². The molecule has 1 aliphatic heterocycles. The maximum Gasteiger partial charge on any atom is 0.322 e. The second kappa shape index (κ2) is 5.50. The first-order valence-electron chi connectivity index (χ1n) is 4.65. The quantitative estimate of drug-likeness (QED) is 0.695. The van der Waals surface area contributed by atoms with E-state index in [0.29, 0.717) is 6.04 Å². The molecule has 1 fully saturated rings. The number of methoxy groups -OCH3 is 1. The number of thioether (sulfide) groups is 1. The van der Waals surface area contributed by atoms with E-state index < -0.39 is 0 Å². The highest BCUT2D eigenvalue weighted by Gasteiger charge is 2.19.